The van der Waals surface area contributed by atoms with Crippen LogP contribution in [0.4, 0.5) is 0 Å². The Bertz CT molecular complexity index is 682. The molecule has 0 bridgehead atoms. The van der Waals surface area contributed by atoms with Crippen LogP contribution in [0.2, 0.25) is 0 Å². The quantitative estimate of drug-likeness (QED) is 0.838. The van der Waals surface area contributed by atoms with Gasteiger partial charge < -0.3 is 14.6 Å². The maximum absolute atomic E-state index is 5.09. The largest absolute Gasteiger partial charge is 0.383 e. The van der Waals surface area contributed by atoms with Crippen molar-refractivity contribution in [1.82, 2.24) is 24.6 Å². The van der Waals surface area contributed by atoms with Crippen LogP contribution in [-0.2, 0) is 29.8 Å². The third kappa shape index (κ3) is 4.50. The average molecular weight is 345 g/mol. The maximum atomic E-state index is 5.09. The van der Waals surface area contributed by atoms with Gasteiger partial charge in [0.2, 0.25) is 0 Å². The van der Waals surface area contributed by atoms with Gasteiger partial charge in [0.25, 0.3) is 0 Å². The fraction of sp³-hybridized carbons (Fsp3) is 0.684. The number of imidazole rings is 1. The molecular weight excluding hydrogens is 314 g/mol. The minimum absolute atomic E-state index is 0.110. The lowest BCUT2D eigenvalue weighted by Crippen LogP contribution is -2.26. The van der Waals surface area contributed by atoms with Gasteiger partial charge in [-0.2, -0.15) is 5.10 Å². The molecule has 0 saturated carbocycles. The second kappa shape index (κ2) is 7.70. The van der Waals surface area contributed by atoms with Gasteiger partial charge in [0.15, 0.2) is 0 Å². The van der Waals surface area contributed by atoms with Crippen molar-refractivity contribution in [2.45, 2.75) is 64.6 Å². The Labute approximate surface area is 150 Å². The Hall–Kier alpha value is -1.66. The molecule has 3 rings (SSSR count). The van der Waals surface area contributed by atoms with Gasteiger partial charge >= 0.3 is 0 Å². The van der Waals surface area contributed by atoms with Crippen molar-refractivity contribution < 1.29 is 4.74 Å². The summed E-state index contributed by atoms with van der Waals surface area (Å²) in [6.07, 6.45) is 8.71. The van der Waals surface area contributed by atoms with Crippen molar-refractivity contribution in [3.63, 3.8) is 0 Å². The van der Waals surface area contributed by atoms with Gasteiger partial charge in [-0.1, -0.05) is 20.8 Å². The van der Waals surface area contributed by atoms with Crippen LogP contribution < -0.4 is 5.32 Å². The van der Waals surface area contributed by atoms with E-state index in [1.807, 2.05) is 10.9 Å². The number of fused-ring (bicyclic) bond motifs is 1. The monoisotopic (exact) mass is 345 g/mol. The number of nitrogens with one attached hydrogen (secondary N) is 1. The first-order valence-corrected chi connectivity index (χ1v) is 9.26. The highest BCUT2D eigenvalue weighted by molar-refractivity contribution is 5.17. The third-order valence-electron chi connectivity index (χ3n) is 4.82. The molecule has 1 aliphatic heterocycles. The molecule has 1 atom stereocenters. The van der Waals surface area contributed by atoms with E-state index in [2.05, 4.69) is 48.1 Å². The van der Waals surface area contributed by atoms with Gasteiger partial charge in [-0.3, -0.25) is 4.68 Å². The lowest BCUT2D eigenvalue weighted by atomic mass is 9.93. The van der Waals surface area contributed by atoms with Crippen molar-refractivity contribution in [1.29, 1.82) is 0 Å². The molecule has 6 heteroatoms. The van der Waals surface area contributed by atoms with Crippen LogP contribution in [0, 0.1) is 0 Å². The molecule has 138 valence electrons. The van der Waals surface area contributed by atoms with E-state index in [9.17, 15) is 0 Å². The molecule has 6 nitrogen and oxygen atoms in total. The Morgan fingerprint density at radius 1 is 1.32 bits per heavy atom. The predicted molar refractivity (Wildman–Crippen MR) is 98.7 cm³/mol. The van der Waals surface area contributed by atoms with E-state index in [4.69, 9.17) is 9.72 Å². The lowest BCUT2D eigenvalue weighted by Gasteiger charge is -2.23. The molecule has 0 aromatic carbocycles. The SMILES string of the molecule is COCCn1cc(CNCC2CCCn3cc(C(C)(C)C)nc32)cn1. The molecule has 1 unspecified atom stereocenters. The number of ether oxygens (including phenoxy) is 1. The van der Waals surface area contributed by atoms with Crippen molar-refractivity contribution in [2.24, 2.45) is 0 Å². The number of methoxy groups -OCH3 is 1. The highest BCUT2D eigenvalue weighted by Gasteiger charge is 2.26. The van der Waals surface area contributed by atoms with E-state index < -0.39 is 0 Å². The molecule has 0 radical (unpaired) electrons. The Morgan fingerprint density at radius 3 is 2.92 bits per heavy atom. The van der Waals surface area contributed by atoms with Crippen LogP contribution in [0.1, 0.15) is 56.6 Å². The number of aryl methyl sites for hydroxylation is 1. The fourth-order valence-corrected chi connectivity index (χ4v) is 3.32. The summed E-state index contributed by atoms with van der Waals surface area (Å²) in [4.78, 5) is 4.96. The summed E-state index contributed by atoms with van der Waals surface area (Å²) in [7, 11) is 1.71. The molecule has 1 aliphatic rings. The topological polar surface area (TPSA) is 56.9 Å². The molecule has 0 aliphatic carbocycles. The summed E-state index contributed by atoms with van der Waals surface area (Å²) in [5.41, 5.74) is 2.53. The molecule has 2 aromatic heterocycles. The number of hydrogen-bond donors (Lipinski definition) is 1. The smallest absolute Gasteiger partial charge is 0.113 e. The minimum atomic E-state index is 0.110. The number of rotatable bonds is 7. The van der Waals surface area contributed by atoms with E-state index in [-0.39, 0.29) is 5.41 Å². The van der Waals surface area contributed by atoms with E-state index in [1.54, 1.807) is 7.11 Å². The summed E-state index contributed by atoms with van der Waals surface area (Å²) in [6.45, 7) is 11.1. The molecule has 0 fully saturated rings. The number of aromatic nitrogens is 4. The van der Waals surface area contributed by atoms with Crippen molar-refractivity contribution in [2.75, 3.05) is 20.3 Å². The summed E-state index contributed by atoms with van der Waals surface area (Å²) >= 11 is 0. The maximum Gasteiger partial charge on any atom is 0.113 e. The van der Waals surface area contributed by atoms with E-state index in [0.717, 1.165) is 26.2 Å². The highest BCUT2D eigenvalue weighted by Crippen LogP contribution is 2.30. The van der Waals surface area contributed by atoms with Gasteiger partial charge in [-0.05, 0) is 12.8 Å². The molecule has 3 heterocycles. The molecule has 25 heavy (non-hydrogen) atoms. The van der Waals surface area contributed by atoms with E-state index in [1.165, 1.54) is 29.9 Å². The van der Waals surface area contributed by atoms with Gasteiger partial charge in [0, 0.05) is 56.0 Å². The number of hydrogen-bond acceptors (Lipinski definition) is 4. The second-order valence-corrected chi connectivity index (χ2v) is 8.00. The second-order valence-electron chi connectivity index (χ2n) is 8.00. The van der Waals surface area contributed by atoms with Gasteiger partial charge in [-0.25, -0.2) is 4.98 Å². The first kappa shape index (κ1) is 18.1. The number of nitrogens with zero attached hydrogens (tertiary/aromatic N) is 4. The molecular formula is C19H31N5O. The van der Waals surface area contributed by atoms with Crippen LogP contribution in [-0.4, -0.2) is 39.6 Å². The molecule has 2 aromatic rings. The van der Waals surface area contributed by atoms with Crippen molar-refractivity contribution >= 4 is 0 Å². The zero-order valence-electron chi connectivity index (χ0n) is 16.0. The van der Waals surface area contributed by atoms with Crippen molar-refractivity contribution in [3.8, 4) is 0 Å². The van der Waals surface area contributed by atoms with Gasteiger partial charge in [-0.15, -0.1) is 0 Å². The third-order valence-corrected chi connectivity index (χ3v) is 4.82. The normalized spacial score (nSPS) is 17.7. The van der Waals surface area contributed by atoms with Crippen LogP contribution in [0.15, 0.2) is 18.6 Å². The standard InChI is InChI=1S/C19H31N5O/c1-19(2,3)17-14-23-7-5-6-16(18(23)22-17)12-20-10-15-11-21-24(13-15)8-9-25-4/h11,13-14,16,20H,5-10,12H2,1-4H3. The summed E-state index contributed by atoms with van der Waals surface area (Å²) in [5.74, 6) is 1.74. The first-order valence-electron chi connectivity index (χ1n) is 9.26. The van der Waals surface area contributed by atoms with E-state index in [0.29, 0.717) is 12.5 Å². The Kier molecular flexibility index (Phi) is 5.59. The van der Waals surface area contributed by atoms with Crippen LogP contribution in [0.5, 0.6) is 0 Å². The minimum Gasteiger partial charge on any atom is -0.383 e. The van der Waals surface area contributed by atoms with Crippen LogP contribution >= 0.6 is 0 Å². The van der Waals surface area contributed by atoms with Gasteiger partial charge in [0.05, 0.1) is 25.0 Å². The Morgan fingerprint density at radius 2 is 2.16 bits per heavy atom. The zero-order chi connectivity index (χ0) is 17.9. The molecule has 0 saturated heterocycles. The van der Waals surface area contributed by atoms with Crippen molar-refractivity contribution in [3.05, 3.63) is 35.7 Å². The fourth-order valence-electron chi connectivity index (χ4n) is 3.32. The molecule has 0 spiro atoms. The average Bonchev–Trinajstić information content (AvgIpc) is 3.19. The predicted octanol–water partition coefficient (Wildman–Crippen LogP) is 2.69. The highest BCUT2D eigenvalue weighted by atomic mass is 16.5. The zero-order valence-corrected chi connectivity index (χ0v) is 16.0. The van der Waals surface area contributed by atoms with E-state index >= 15 is 0 Å². The Balaban J connectivity index is 1.56. The first-order chi connectivity index (χ1) is 12.0. The summed E-state index contributed by atoms with van der Waals surface area (Å²) in [5, 5.41) is 7.96. The molecule has 1 N–H and O–H groups in total. The molecule has 0 amide bonds. The van der Waals surface area contributed by atoms with Crippen LogP contribution in [0.25, 0.3) is 0 Å². The summed E-state index contributed by atoms with van der Waals surface area (Å²) in [6, 6.07) is 0. The lowest BCUT2D eigenvalue weighted by molar-refractivity contribution is 0.183. The summed E-state index contributed by atoms with van der Waals surface area (Å²) < 4.78 is 9.38. The van der Waals surface area contributed by atoms with Crippen LogP contribution in [0.3, 0.4) is 0 Å². The van der Waals surface area contributed by atoms with Gasteiger partial charge in [0.1, 0.15) is 5.82 Å².